The molecule has 39 heavy (non-hydrogen) atoms. The van der Waals surface area contributed by atoms with E-state index in [1.807, 2.05) is 55.6 Å². The van der Waals surface area contributed by atoms with Gasteiger partial charge in [-0.05, 0) is 80.8 Å². The maximum Gasteiger partial charge on any atom is 0.415 e. The van der Waals surface area contributed by atoms with Crippen molar-refractivity contribution in [1.29, 1.82) is 0 Å². The molecular formula is C31H33NO6S. The van der Waals surface area contributed by atoms with Gasteiger partial charge in [0.15, 0.2) is 11.4 Å². The van der Waals surface area contributed by atoms with Gasteiger partial charge in [0, 0.05) is 29.5 Å². The van der Waals surface area contributed by atoms with Crippen molar-refractivity contribution in [1.82, 2.24) is 4.90 Å². The summed E-state index contributed by atoms with van der Waals surface area (Å²) in [5, 5.41) is 9.40. The van der Waals surface area contributed by atoms with Crippen molar-refractivity contribution in [3.05, 3.63) is 89.5 Å². The minimum absolute atomic E-state index is 0.00236. The van der Waals surface area contributed by atoms with E-state index in [0.717, 1.165) is 16.0 Å². The number of para-hydroxylation sites is 1. The molecule has 0 aromatic heterocycles. The Morgan fingerprint density at radius 2 is 1.69 bits per heavy atom. The van der Waals surface area contributed by atoms with E-state index < -0.39 is 23.6 Å². The third kappa shape index (κ3) is 6.81. The fraction of sp³-hybridized carbons (Fsp3) is 0.323. The molecule has 0 aliphatic carbocycles. The van der Waals surface area contributed by atoms with Gasteiger partial charge in [-0.2, -0.15) is 0 Å². The number of carboxylic acids is 1. The fourth-order valence-electron chi connectivity index (χ4n) is 4.72. The van der Waals surface area contributed by atoms with Crippen molar-refractivity contribution < 1.29 is 29.0 Å². The van der Waals surface area contributed by atoms with Crippen LogP contribution in [0.2, 0.25) is 0 Å². The number of amides is 1. The highest BCUT2D eigenvalue weighted by molar-refractivity contribution is 7.98. The second-order valence-corrected chi connectivity index (χ2v) is 11.1. The molecule has 1 aliphatic heterocycles. The van der Waals surface area contributed by atoms with Crippen LogP contribution < -0.4 is 9.47 Å². The molecule has 1 amide bonds. The number of likely N-dealkylation sites (tertiary alicyclic amines) is 1. The second-order valence-electron chi connectivity index (χ2n) is 10.3. The van der Waals surface area contributed by atoms with Crippen molar-refractivity contribution in [2.45, 2.75) is 37.7 Å². The Hall–Kier alpha value is -3.78. The van der Waals surface area contributed by atoms with Crippen LogP contribution in [0.5, 0.6) is 11.5 Å². The van der Waals surface area contributed by atoms with Gasteiger partial charge in [0.25, 0.3) is 0 Å². The number of rotatable bonds is 9. The molecule has 1 N–H and O–H groups in total. The molecule has 2 atom stereocenters. The summed E-state index contributed by atoms with van der Waals surface area (Å²) in [4.78, 5) is 40.8. The van der Waals surface area contributed by atoms with Crippen LogP contribution in [-0.2, 0) is 11.2 Å². The smallest absolute Gasteiger partial charge is 0.415 e. The van der Waals surface area contributed by atoms with Gasteiger partial charge in [0.05, 0.1) is 0 Å². The molecule has 204 valence electrons. The van der Waals surface area contributed by atoms with Crippen LogP contribution in [0.15, 0.2) is 77.7 Å². The molecule has 3 aromatic carbocycles. The summed E-state index contributed by atoms with van der Waals surface area (Å²) in [6.07, 6.45) is 2.08. The van der Waals surface area contributed by atoms with Gasteiger partial charge in [-0.3, -0.25) is 4.79 Å². The Morgan fingerprint density at radius 3 is 2.31 bits per heavy atom. The SMILES string of the molecule is CSc1ccc(C(=O)[C@@H]2CN(C(=O)Oc3ccccc3)C[C@H]2Cc2ccc(OC(C)(C)C(=O)O)c(C)c2)cc1. The predicted octanol–water partition coefficient (Wildman–Crippen LogP) is 6.13. The molecular weight excluding hydrogens is 514 g/mol. The van der Waals surface area contributed by atoms with Gasteiger partial charge in [0.1, 0.15) is 11.5 Å². The molecule has 0 unspecified atom stereocenters. The number of benzene rings is 3. The van der Waals surface area contributed by atoms with Crippen LogP contribution in [0.25, 0.3) is 0 Å². The Bertz CT molecular complexity index is 1340. The summed E-state index contributed by atoms with van der Waals surface area (Å²) in [6.45, 7) is 5.53. The molecule has 1 heterocycles. The molecule has 3 aromatic rings. The molecule has 1 aliphatic rings. The largest absolute Gasteiger partial charge is 0.478 e. The lowest BCUT2D eigenvalue weighted by atomic mass is 9.84. The Balaban J connectivity index is 1.55. The van der Waals surface area contributed by atoms with E-state index in [0.29, 0.717) is 30.0 Å². The lowest BCUT2D eigenvalue weighted by molar-refractivity contribution is -0.152. The van der Waals surface area contributed by atoms with Crippen molar-refractivity contribution in [2.75, 3.05) is 19.3 Å². The Labute approximate surface area is 233 Å². The molecule has 8 heteroatoms. The van der Waals surface area contributed by atoms with E-state index >= 15 is 0 Å². The first kappa shape index (κ1) is 28.2. The van der Waals surface area contributed by atoms with Gasteiger partial charge in [-0.25, -0.2) is 9.59 Å². The standard InChI is InChI=1S/C31H33NO6S/c1-20-16-21(10-15-27(20)38-31(2,3)29(34)35)17-23-18-32(30(36)37-24-8-6-5-7-9-24)19-26(23)28(33)22-11-13-25(39-4)14-12-22/h5-16,23,26H,17-19H2,1-4H3,(H,34,35)/t23-,26-/m1/s1. The van der Waals surface area contributed by atoms with Crippen LogP contribution in [0, 0.1) is 18.8 Å². The number of aliphatic carboxylic acids is 1. The average molecular weight is 548 g/mol. The lowest BCUT2D eigenvalue weighted by Gasteiger charge is -2.23. The first-order valence-electron chi connectivity index (χ1n) is 12.8. The van der Waals surface area contributed by atoms with E-state index in [4.69, 9.17) is 9.47 Å². The maximum atomic E-state index is 13.7. The summed E-state index contributed by atoms with van der Waals surface area (Å²) in [5.41, 5.74) is 1.04. The lowest BCUT2D eigenvalue weighted by Crippen LogP contribution is -2.38. The van der Waals surface area contributed by atoms with E-state index in [9.17, 15) is 19.5 Å². The summed E-state index contributed by atoms with van der Waals surface area (Å²) in [7, 11) is 0. The maximum absolute atomic E-state index is 13.7. The summed E-state index contributed by atoms with van der Waals surface area (Å²) in [5.74, 6) is -0.615. The molecule has 0 radical (unpaired) electrons. The van der Waals surface area contributed by atoms with Gasteiger partial charge in [-0.1, -0.05) is 42.5 Å². The number of carbonyl (C=O) groups is 3. The van der Waals surface area contributed by atoms with E-state index in [1.165, 1.54) is 13.8 Å². The number of Topliss-reactive ketones (excluding diaryl/α,β-unsaturated/α-hetero) is 1. The number of ether oxygens (including phenoxy) is 2. The number of thioether (sulfide) groups is 1. The number of carbonyl (C=O) groups excluding carboxylic acids is 2. The van der Waals surface area contributed by atoms with Gasteiger partial charge in [-0.15, -0.1) is 11.8 Å². The first-order valence-corrected chi connectivity index (χ1v) is 14.0. The fourth-order valence-corrected chi connectivity index (χ4v) is 5.13. The predicted molar refractivity (Wildman–Crippen MR) is 151 cm³/mol. The Kier molecular flexibility index (Phi) is 8.65. The third-order valence-electron chi connectivity index (χ3n) is 6.98. The van der Waals surface area contributed by atoms with Gasteiger partial charge in [0.2, 0.25) is 0 Å². The van der Waals surface area contributed by atoms with E-state index in [-0.39, 0.29) is 18.2 Å². The molecule has 1 fully saturated rings. The zero-order valence-electron chi connectivity index (χ0n) is 22.5. The van der Waals surface area contributed by atoms with E-state index in [1.54, 1.807) is 47.0 Å². The van der Waals surface area contributed by atoms with Crippen molar-refractivity contribution in [3.63, 3.8) is 0 Å². The monoisotopic (exact) mass is 547 g/mol. The highest BCUT2D eigenvalue weighted by Gasteiger charge is 2.40. The molecule has 0 bridgehead atoms. The molecule has 0 spiro atoms. The van der Waals surface area contributed by atoms with Crippen LogP contribution >= 0.6 is 11.8 Å². The summed E-state index contributed by atoms with van der Waals surface area (Å²) in [6, 6.07) is 22.1. The van der Waals surface area contributed by atoms with Crippen LogP contribution in [0.4, 0.5) is 4.79 Å². The third-order valence-corrected chi connectivity index (χ3v) is 7.72. The zero-order chi connectivity index (χ0) is 28.2. The van der Waals surface area contributed by atoms with Crippen molar-refractivity contribution in [3.8, 4) is 11.5 Å². The molecule has 0 saturated carbocycles. The highest BCUT2D eigenvalue weighted by atomic mass is 32.2. The summed E-state index contributed by atoms with van der Waals surface area (Å²) < 4.78 is 11.3. The Morgan fingerprint density at radius 1 is 1.00 bits per heavy atom. The van der Waals surface area contributed by atoms with Crippen LogP contribution in [0.3, 0.4) is 0 Å². The minimum Gasteiger partial charge on any atom is -0.478 e. The number of hydrogen-bond donors (Lipinski definition) is 1. The van der Waals surface area contributed by atoms with Gasteiger partial charge < -0.3 is 19.5 Å². The first-order chi connectivity index (χ1) is 18.6. The van der Waals surface area contributed by atoms with E-state index in [2.05, 4.69) is 0 Å². The zero-order valence-corrected chi connectivity index (χ0v) is 23.4. The number of carboxylic acid groups (broad SMARTS) is 1. The molecule has 1 saturated heterocycles. The minimum atomic E-state index is -1.36. The number of hydrogen-bond acceptors (Lipinski definition) is 6. The topological polar surface area (TPSA) is 93.1 Å². The number of ketones is 1. The molecule has 4 rings (SSSR count). The normalized spacial score (nSPS) is 17.1. The quantitative estimate of drug-likeness (QED) is 0.254. The average Bonchev–Trinajstić information content (AvgIpc) is 3.34. The number of nitrogens with zero attached hydrogens (tertiary/aromatic N) is 1. The van der Waals surface area contributed by atoms with Crippen LogP contribution in [0.1, 0.15) is 35.3 Å². The van der Waals surface area contributed by atoms with Gasteiger partial charge >= 0.3 is 12.1 Å². The summed E-state index contributed by atoms with van der Waals surface area (Å²) >= 11 is 1.61. The molecule has 7 nitrogen and oxygen atoms in total. The van der Waals surface area contributed by atoms with Crippen molar-refractivity contribution >= 4 is 29.6 Å². The second kappa shape index (κ2) is 11.9. The van der Waals surface area contributed by atoms with Crippen molar-refractivity contribution in [2.24, 2.45) is 11.8 Å². The highest BCUT2D eigenvalue weighted by Crippen LogP contribution is 2.33. The number of aryl methyl sites for hydroxylation is 1. The van der Waals surface area contributed by atoms with Crippen LogP contribution in [-0.4, -0.2) is 52.8 Å².